The van der Waals surface area contributed by atoms with Gasteiger partial charge >= 0.3 is 0 Å². The maximum atomic E-state index is 11.1. The van der Waals surface area contributed by atoms with Crippen LogP contribution in [0.15, 0.2) is 16.1 Å². The second kappa shape index (κ2) is 6.58. The van der Waals surface area contributed by atoms with Crippen LogP contribution in [-0.4, -0.2) is 33.9 Å². The number of carbonyl (C=O) groups excluding carboxylic acids is 1. The molecule has 3 rings (SSSR count). The number of carbonyl (C=O) groups is 1. The molecule has 3 heterocycles. The lowest BCUT2D eigenvalue weighted by atomic mass is 9.94. The maximum Gasteiger partial charge on any atom is 0.223 e. The molecule has 1 aliphatic heterocycles. The predicted octanol–water partition coefficient (Wildman–Crippen LogP) is 2.78. The highest BCUT2D eigenvalue weighted by Gasteiger charge is 2.23. The minimum atomic E-state index is -0.0707. The number of nitrogens with zero attached hydrogens (tertiary/aromatic N) is 3. The summed E-state index contributed by atoms with van der Waals surface area (Å²) in [4.78, 5) is 22.3. The summed E-state index contributed by atoms with van der Waals surface area (Å²) in [7, 11) is 0. The third kappa shape index (κ3) is 3.72. The van der Waals surface area contributed by atoms with E-state index in [1.54, 1.807) is 6.26 Å². The van der Waals surface area contributed by atoms with Crippen LogP contribution < -0.4 is 5.32 Å². The van der Waals surface area contributed by atoms with E-state index < -0.39 is 0 Å². The van der Waals surface area contributed by atoms with E-state index in [0.29, 0.717) is 11.0 Å². The highest BCUT2D eigenvalue weighted by molar-refractivity contribution is 7.13. The molecule has 0 spiro atoms. The van der Waals surface area contributed by atoms with E-state index in [-0.39, 0.29) is 5.91 Å². The first-order valence-corrected chi connectivity index (χ1v) is 8.34. The highest BCUT2D eigenvalue weighted by Crippen LogP contribution is 2.30. The number of anilines is 1. The molecule has 1 fully saturated rings. The molecule has 1 amide bonds. The molecule has 0 radical (unpaired) electrons. The van der Waals surface area contributed by atoms with Crippen LogP contribution in [0.4, 0.5) is 5.13 Å². The van der Waals surface area contributed by atoms with Crippen molar-refractivity contribution in [2.45, 2.75) is 39.2 Å². The summed E-state index contributed by atoms with van der Waals surface area (Å²) in [5.74, 6) is 1.13. The molecule has 1 aliphatic rings. The van der Waals surface area contributed by atoms with E-state index in [1.807, 2.05) is 6.92 Å². The summed E-state index contributed by atoms with van der Waals surface area (Å²) in [6, 6.07) is 0. The molecule has 2 aromatic heterocycles. The molecule has 0 aliphatic carbocycles. The molecule has 1 saturated heterocycles. The van der Waals surface area contributed by atoms with Crippen LogP contribution in [0.2, 0.25) is 0 Å². The van der Waals surface area contributed by atoms with Gasteiger partial charge in [-0.1, -0.05) is 0 Å². The van der Waals surface area contributed by atoms with Gasteiger partial charge in [-0.3, -0.25) is 9.69 Å². The quantitative estimate of drug-likeness (QED) is 0.938. The summed E-state index contributed by atoms with van der Waals surface area (Å²) in [6.07, 6.45) is 3.90. The van der Waals surface area contributed by atoms with Gasteiger partial charge in [-0.25, -0.2) is 9.97 Å². The average Bonchev–Trinajstić information content (AvgIpc) is 3.09. The van der Waals surface area contributed by atoms with Gasteiger partial charge < -0.3 is 9.73 Å². The summed E-state index contributed by atoms with van der Waals surface area (Å²) in [6.45, 7) is 6.28. The zero-order chi connectivity index (χ0) is 15.5. The van der Waals surface area contributed by atoms with Crippen molar-refractivity contribution >= 4 is 22.4 Å². The first kappa shape index (κ1) is 15.2. The van der Waals surface area contributed by atoms with Crippen LogP contribution in [0.3, 0.4) is 0 Å². The fraction of sp³-hybridized carbons (Fsp3) is 0.533. The van der Waals surface area contributed by atoms with E-state index in [0.717, 1.165) is 49.8 Å². The van der Waals surface area contributed by atoms with Crippen molar-refractivity contribution in [2.24, 2.45) is 0 Å². The molecule has 22 heavy (non-hydrogen) atoms. The Morgan fingerprint density at radius 1 is 1.45 bits per heavy atom. The molecule has 0 bridgehead atoms. The fourth-order valence-corrected chi connectivity index (χ4v) is 3.62. The van der Waals surface area contributed by atoms with Crippen molar-refractivity contribution in [1.82, 2.24) is 14.9 Å². The number of oxazole rings is 1. The Balaban J connectivity index is 1.52. The van der Waals surface area contributed by atoms with E-state index in [9.17, 15) is 4.79 Å². The topological polar surface area (TPSA) is 71.3 Å². The van der Waals surface area contributed by atoms with Crippen molar-refractivity contribution in [3.8, 4) is 0 Å². The lowest BCUT2D eigenvalue weighted by Gasteiger charge is -2.30. The van der Waals surface area contributed by atoms with Gasteiger partial charge in [0.1, 0.15) is 6.26 Å². The fourth-order valence-electron chi connectivity index (χ4n) is 2.78. The van der Waals surface area contributed by atoms with Crippen molar-refractivity contribution in [2.75, 3.05) is 18.4 Å². The van der Waals surface area contributed by atoms with Crippen LogP contribution >= 0.6 is 11.3 Å². The SMILES string of the molecule is CC(=O)Nc1nc(C2CCN(Cc3coc(C)n3)CC2)cs1. The van der Waals surface area contributed by atoms with E-state index in [4.69, 9.17) is 4.42 Å². The van der Waals surface area contributed by atoms with Gasteiger partial charge in [-0.05, 0) is 25.9 Å². The number of rotatable bonds is 4. The first-order chi connectivity index (χ1) is 10.6. The third-order valence-electron chi connectivity index (χ3n) is 3.86. The van der Waals surface area contributed by atoms with Gasteiger partial charge in [0.05, 0.1) is 11.4 Å². The zero-order valence-electron chi connectivity index (χ0n) is 12.8. The van der Waals surface area contributed by atoms with Crippen molar-refractivity contribution < 1.29 is 9.21 Å². The molecule has 1 N–H and O–H groups in total. The van der Waals surface area contributed by atoms with E-state index in [2.05, 4.69) is 25.6 Å². The number of aromatic nitrogens is 2. The number of aryl methyl sites for hydroxylation is 1. The summed E-state index contributed by atoms with van der Waals surface area (Å²) in [5, 5.41) is 5.51. The van der Waals surface area contributed by atoms with Crippen molar-refractivity contribution in [3.05, 3.63) is 28.9 Å². The van der Waals surface area contributed by atoms with Gasteiger partial charge in [-0.2, -0.15) is 0 Å². The molecule has 6 nitrogen and oxygen atoms in total. The number of likely N-dealkylation sites (tertiary alicyclic amines) is 1. The molecule has 0 atom stereocenters. The average molecular weight is 320 g/mol. The number of piperidine rings is 1. The minimum Gasteiger partial charge on any atom is -0.449 e. The van der Waals surface area contributed by atoms with Crippen LogP contribution in [0.5, 0.6) is 0 Å². The van der Waals surface area contributed by atoms with Crippen molar-refractivity contribution in [1.29, 1.82) is 0 Å². The van der Waals surface area contributed by atoms with Crippen LogP contribution in [0.25, 0.3) is 0 Å². The molecular formula is C15H20N4O2S. The Bertz CT molecular complexity index is 644. The van der Waals surface area contributed by atoms with Crippen LogP contribution in [0.1, 0.15) is 43.0 Å². The molecule has 7 heteroatoms. The molecule has 0 saturated carbocycles. The second-order valence-corrected chi connectivity index (χ2v) is 6.53. The lowest BCUT2D eigenvalue weighted by Crippen LogP contribution is -2.32. The van der Waals surface area contributed by atoms with Crippen LogP contribution in [0, 0.1) is 6.92 Å². The van der Waals surface area contributed by atoms with Gasteiger partial charge in [0.15, 0.2) is 11.0 Å². The molecule has 2 aromatic rings. The number of thiazole rings is 1. The number of hydrogen-bond acceptors (Lipinski definition) is 6. The lowest BCUT2D eigenvalue weighted by molar-refractivity contribution is -0.114. The number of amides is 1. The minimum absolute atomic E-state index is 0.0707. The number of nitrogens with one attached hydrogen (secondary N) is 1. The summed E-state index contributed by atoms with van der Waals surface area (Å²) >= 11 is 1.50. The Hall–Kier alpha value is -1.73. The predicted molar refractivity (Wildman–Crippen MR) is 84.9 cm³/mol. The Kier molecular flexibility index (Phi) is 4.54. The maximum absolute atomic E-state index is 11.1. The Morgan fingerprint density at radius 2 is 2.23 bits per heavy atom. The van der Waals surface area contributed by atoms with E-state index >= 15 is 0 Å². The largest absolute Gasteiger partial charge is 0.449 e. The van der Waals surface area contributed by atoms with Gasteiger partial charge in [0.25, 0.3) is 0 Å². The molecule has 0 aromatic carbocycles. The third-order valence-corrected chi connectivity index (χ3v) is 4.64. The second-order valence-electron chi connectivity index (χ2n) is 5.67. The standard InChI is InChI=1S/C15H20N4O2S/c1-10(20)16-15-18-14(9-22-15)12-3-5-19(6-4-12)7-13-8-21-11(2)17-13/h8-9,12H,3-7H2,1-2H3,(H,16,18,20). The smallest absolute Gasteiger partial charge is 0.223 e. The van der Waals surface area contributed by atoms with Crippen molar-refractivity contribution in [3.63, 3.8) is 0 Å². The normalized spacial score (nSPS) is 16.8. The summed E-state index contributed by atoms with van der Waals surface area (Å²) < 4.78 is 5.25. The van der Waals surface area contributed by atoms with Gasteiger partial charge in [-0.15, -0.1) is 11.3 Å². The van der Waals surface area contributed by atoms with Crippen LogP contribution in [-0.2, 0) is 11.3 Å². The molecule has 0 unspecified atom stereocenters. The highest BCUT2D eigenvalue weighted by atomic mass is 32.1. The van der Waals surface area contributed by atoms with Gasteiger partial charge in [0.2, 0.25) is 5.91 Å². The van der Waals surface area contributed by atoms with E-state index in [1.165, 1.54) is 18.3 Å². The molecule has 118 valence electrons. The Morgan fingerprint density at radius 3 is 2.86 bits per heavy atom. The Labute approximate surface area is 133 Å². The molecular weight excluding hydrogens is 300 g/mol. The zero-order valence-corrected chi connectivity index (χ0v) is 13.7. The summed E-state index contributed by atoms with van der Waals surface area (Å²) in [5.41, 5.74) is 2.10. The monoisotopic (exact) mass is 320 g/mol. The number of hydrogen-bond donors (Lipinski definition) is 1. The van der Waals surface area contributed by atoms with Gasteiger partial charge in [0, 0.05) is 31.7 Å². The first-order valence-electron chi connectivity index (χ1n) is 7.46.